The number of nitrogens with one attached hydrogen (secondary N) is 1. The molecule has 0 saturated carbocycles. The Bertz CT molecular complexity index is 1210. The topological polar surface area (TPSA) is 56.2 Å². The molecule has 1 N–H and O–H groups in total. The average Bonchev–Trinajstić information content (AvgIpc) is 3.13. The molecule has 1 aromatic heterocycles. The monoisotopic (exact) mass is 497 g/mol. The highest BCUT2D eigenvalue weighted by atomic mass is 79.9. The summed E-state index contributed by atoms with van der Waals surface area (Å²) < 4.78 is 33.9. The lowest BCUT2D eigenvalue weighted by Gasteiger charge is -2.07. The van der Waals surface area contributed by atoms with Gasteiger partial charge in [0.25, 0.3) is 5.91 Å². The smallest absolute Gasteiger partial charge is 0.256 e. The van der Waals surface area contributed by atoms with Crippen LogP contribution in [-0.4, -0.2) is 15.7 Å². The molecule has 162 valence electrons. The second-order valence-corrected chi connectivity index (χ2v) is 7.90. The van der Waals surface area contributed by atoms with Crippen LogP contribution in [0, 0.1) is 11.6 Å². The van der Waals surface area contributed by atoms with E-state index in [1.165, 1.54) is 24.3 Å². The van der Waals surface area contributed by atoms with E-state index in [1.54, 1.807) is 59.4 Å². The van der Waals surface area contributed by atoms with Crippen LogP contribution in [0.25, 0.3) is 0 Å². The molecule has 5 nitrogen and oxygen atoms in total. The van der Waals surface area contributed by atoms with Gasteiger partial charge in [-0.3, -0.25) is 9.48 Å². The van der Waals surface area contributed by atoms with E-state index in [0.29, 0.717) is 34.8 Å². The van der Waals surface area contributed by atoms with Crippen LogP contribution in [0.5, 0.6) is 5.75 Å². The van der Waals surface area contributed by atoms with E-state index in [-0.39, 0.29) is 17.5 Å². The number of nitrogens with zero attached hydrogens (tertiary/aromatic N) is 2. The zero-order valence-corrected chi connectivity index (χ0v) is 18.4. The molecule has 1 amide bonds. The molecule has 0 unspecified atom stereocenters. The molecule has 3 aromatic carbocycles. The molecule has 32 heavy (non-hydrogen) atoms. The second kappa shape index (κ2) is 9.74. The lowest BCUT2D eigenvalue weighted by Crippen LogP contribution is -2.13. The quantitative estimate of drug-likeness (QED) is 0.350. The summed E-state index contributed by atoms with van der Waals surface area (Å²) in [6.07, 6.45) is 1.74. The van der Waals surface area contributed by atoms with E-state index < -0.39 is 0 Å². The van der Waals surface area contributed by atoms with Crippen LogP contribution >= 0.6 is 15.9 Å². The van der Waals surface area contributed by atoms with E-state index in [0.717, 1.165) is 11.1 Å². The summed E-state index contributed by atoms with van der Waals surface area (Å²) in [7, 11) is 0. The Kier molecular flexibility index (Phi) is 6.61. The summed E-state index contributed by atoms with van der Waals surface area (Å²) in [6, 6.07) is 18.9. The predicted octanol–water partition coefficient (Wildman–Crippen LogP) is 5.80. The summed E-state index contributed by atoms with van der Waals surface area (Å²) in [6.45, 7) is 0.740. The molecule has 0 radical (unpaired) electrons. The van der Waals surface area contributed by atoms with Crippen LogP contribution < -0.4 is 10.1 Å². The first-order chi connectivity index (χ1) is 15.5. The van der Waals surface area contributed by atoms with Gasteiger partial charge >= 0.3 is 0 Å². The van der Waals surface area contributed by atoms with Crippen molar-refractivity contribution < 1.29 is 18.3 Å². The van der Waals surface area contributed by atoms with Gasteiger partial charge < -0.3 is 10.1 Å². The molecule has 0 aliphatic carbocycles. The maximum Gasteiger partial charge on any atom is 0.256 e. The summed E-state index contributed by atoms with van der Waals surface area (Å²) in [5.41, 5.74) is 2.23. The van der Waals surface area contributed by atoms with Crippen molar-refractivity contribution in [2.24, 2.45) is 0 Å². The highest BCUT2D eigenvalue weighted by Gasteiger charge is 2.12. The van der Waals surface area contributed by atoms with Crippen LogP contribution in [0.15, 0.2) is 83.5 Å². The van der Waals surface area contributed by atoms with Crippen molar-refractivity contribution in [3.05, 3.63) is 112 Å². The molecule has 1 heterocycles. The van der Waals surface area contributed by atoms with Gasteiger partial charge in [0.2, 0.25) is 0 Å². The maximum absolute atomic E-state index is 13.1. The van der Waals surface area contributed by atoms with Crippen molar-refractivity contribution >= 4 is 27.7 Å². The molecule has 0 saturated heterocycles. The SMILES string of the molecule is O=C(Nc1nn(Cc2ccc(F)cc2)cc1Br)c1ccc(COc2ccc(F)cc2)cc1. The fourth-order valence-electron chi connectivity index (χ4n) is 2.97. The third kappa shape index (κ3) is 5.59. The first kappa shape index (κ1) is 21.7. The number of benzene rings is 3. The minimum absolute atomic E-state index is 0.295. The van der Waals surface area contributed by atoms with Crippen LogP contribution in [0.1, 0.15) is 21.5 Å². The minimum Gasteiger partial charge on any atom is -0.489 e. The van der Waals surface area contributed by atoms with Gasteiger partial charge in [-0.05, 0) is 75.6 Å². The predicted molar refractivity (Wildman–Crippen MR) is 121 cm³/mol. The van der Waals surface area contributed by atoms with Crippen molar-refractivity contribution in [2.45, 2.75) is 13.2 Å². The number of aromatic nitrogens is 2. The molecule has 0 bridgehead atoms. The normalized spacial score (nSPS) is 10.7. The molecule has 0 atom stereocenters. The number of ether oxygens (including phenoxy) is 1. The number of rotatable bonds is 7. The Morgan fingerprint density at radius 2 is 1.50 bits per heavy atom. The van der Waals surface area contributed by atoms with Crippen LogP contribution in [0.2, 0.25) is 0 Å². The Balaban J connectivity index is 1.35. The molecule has 4 aromatic rings. The molecular weight excluding hydrogens is 480 g/mol. The Morgan fingerprint density at radius 1 is 0.906 bits per heavy atom. The van der Waals surface area contributed by atoms with E-state index >= 15 is 0 Å². The zero-order chi connectivity index (χ0) is 22.5. The first-order valence-corrected chi connectivity index (χ1v) is 10.5. The van der Waals surface area contributed by atoms with Crippen molar-refractivity contribution in [3.8, 4) is 5.75 Å². The minimum atomic E-state index is -0.320. The van der Waals surface area contributed by atoms with Gasteiger partial charge in [-0.2, -0.15) is 5.10 Å². The van der Waals surface area contributed by atoms with E-state index in [2.05, 4.69) is 26.3 Å². The second-order valence-electron chi connectivity index (χ2n) is 7.04. The standard InChI is InChI=1S/C24H18BrF2N3O2/c25-22-14-30(13-16-3-7-19(26)8-4-16)29-23(22)28-24(31)18-5-1-17(2-6-18)15-32-21-11-9-20(27)10-12-21/h1-12,14H,13,15H2,(H,28,29,31). The van der Waals surface area contributed by atoms with Gasteiger partial charge in [-0.1, -0.05) is 24.3 Å². The molecule has 0 spiro atoms. The van der Waals surface area contributed by atoms with Gasteiger partial charge in [0.05, 0.1) is 11.0 Å². The summed E-state index contributed by atoms with van der Waals surface area (Å²) in [4.78, 5) is 12.6. The first-order valence-electron chi connectivity index (χ1n) is 9.72. The van der Waals surface area contributed by atoms with Crippen molar-refractivity contribution in [2.75, 3.05) is 5.32 Å². The van der Waals surface area contributed by atoms with Gasteiger partial charge in [0.1, 0.15) is 24.0 Å². The highest BCUT2D eigenvalue weighted by molar-refractivity contribution is 9.10. The van der Waals surface area contributed by atoms with E-state index in [4.69, 9.17) is 4.74 Å². The van der Waals surface area contributed by atoms with Crippen molar-refractivity contribution in [1.29, 1.82) is 0 Å². The molecule has 0 aliphatic heterocycles. The molecule has 8 heteroatoms. The third-order valence-corrected chi connectivity index (χ3v) is 5.22. The fourth-order valence-corrected chi connectivity index (χ4v) is 3.38. The molecular formula is C24H18BrF2N3O2. The van der Waals surface area contributed by atoms with Crippen molar-refractivity contribution in [1.82, 2.24) is 9.78 Å². The van der Waals surface area contributed by atoms with Gasteiger partial charge in [0, 0.05) is 11.8 Å². The van der Waals surface area contributed by atoms with E-state index in [9.17, 15) is 13.6 Å². The summed E-state index contributed by atoms with van der Waals surface area (Å²) in [5, 5.41) is 7.16. The molecule has 0 aliphatic rings. The van der Waals surface area contributed by atoms with Crippen LogP contribution in [-0.2, 0) is 13.2 Å². The average molecular weight is 498 g/mol. The number of halogens is 3. The number of hydrogen-bond acceptors (Lipinski definition) is 3. The van der Waals surface area contributed by atoms with Gasteiger partial charge in [-0.15, -0.1) is 0 Å². The number of anilines is 1. The zero-order valence-electron chi connectivity index (χ0n) is 16.8. The largest absolute Gasteiger partial charge is 0.489 e. The fraction of sp³-hybridized carbons (Fsp3) is 0.0833. The number of carbonyl (C=O) groups excluding carboxylic acids is 1. The van der Waals surface area contributed by atoms with Crippen LogP contribution in [0.4, 0.5) is 14.6 Å². The third-order valence-electron chi connectivity index (χ3n) is 4.64. The number of hydrogen-bond donors (Lipinski definition) is 1. The Hall–Kier alpha value is -3.52. The van der Waals surface area contributed by atoms with Gasteiger partial charge in [-0.25, -0.2) is 8.78 Å². The Morgan fingerprint density at radius 3 is 2.16 bits per heavy atom. The summed E-state index contributed by atoms with van der Waals surface area (Å²) in [5.74, 6) is 0.0369. The highest BCUT2D eigenvalue weighted by Crippen LogP contribution is 2.22. The van der Waals surface area contributed by atoms with E-state index in [1.807, 2.05) is 0 Å². The number of carbonyl (C=O) groups is 1. The molecule has 4 rings (SSSR count). The lowest BCUT2D eigenvalue weighted by molar-refractivity contribution is 0.102. The maximum atomic E-state index is 13.1. The van der Waals surface area contributed by atoms with Crippen molar-refractivity contribution in [3.63, 3.8) is 0 Å². The van der Waals surface area contributed by atoms with Gasteiger partial charge in [0.15, 0.2) is 5.82 Å². The number of amides is 1. The summed E-state index contributed by atoms with van der Waals surface area (Å²) >= 11 is 3.40. The lowest BCUT2D eigenvalue weighted by atomic mass is 10.1. The Labute approximate surface area is 191 Å². The molecule has 0 fully saturated rings. The van der Waals surface area contributed by atoms with Crippen LogP contribution in [0.3, 0.4) is 0 Å².